The maximum Gasteiger partial charge on any atom is 0.155 e. The van der Waals surface area contributed by atoms with Gasteiger partial charge < -0.3 is 14.6 Å². The Kier molecular flexibility index (Phi) is 2.91. The van der Waals surface area contributed by atoms with Crippen LogP contribution in [0.15, 0.2) is 53.1 Å². The van der Waals surface area contributed by atoms with E-state index in [0.717, 1.165) is 60.4 Å². The Labute approximate surface area is 135 Å². The number of nitrogens with zero attached hydrogens (tertiary/aromatic N) is 2. The van der Waals surface area contributed by atoms with Gasteiger partial charge in [-0.1, -0.05) is 18.2 Å². The lowest BCUT2D eigenvalue weighted by atomic mass is 10.0. The molecule has 4 heteroatoms. The van der Waals surface area contributed by atoms with Crippen LogP contribution in [0.3, 0.4) is 0 Å². The van der Waals surface area contributed by atoms with Crippen molar-refractivity contribution < 1.29 is 4.42 Å². The number of nitrogens with one attached hydrogen (secondary N) is 1. The van der Waals surface area contributed by atoms with Crippen molar-refractivity contribution in [1.29, 1.82) is 0 Å². The summed E-state index contributed by atoms with van der Waals surface area (Å²) < 4.78 is 6.05. The van der Waals surface area contributed by atoms with Crippen molar-refractivity contribution in [3.63, 3.8) is 0 Å². The molecule has 4 nitrogen and oxygen atoms in total. The van der Waals surface area contributed by atoms with Crippen molar-refractivity contribution >= 4 is 16.7 Å². The molecule has 0 radical (unpaired) electrons. The fourth-order valence-electron chi connectivity index (χ4n) is 3.99. The molecule has 5 rings (SSSR count). The molecule has 2 aliphatic rings. The second-order valence-electron chi connectivity index (χ2n) is 6.60. The Morgan fingerprint density at radius 2 is 1.87 bits per heavy atom. The zero-order chi connectivity index (χ0) is 15.2. The van der Waals surface area contributed by atoms with Crippen molar-refractivity contribution in [2.75, 3.05) is 31.1 Å². The largest absolute Gasteiger partial charge is 0.454 e. The molecule has 23 heavy (non-hydrogen) atoms. The molecule has 2 saturated heterocycles. The third kappa shape index (κ3) is 2.13. The van der Waals surface area contributed by atoms with Crippen molar-refractivity contribution in [2.45, 2.75) is 0 Å². The van der Waals surface area contributed by atoms with Crippen LogP contribution in [0.4, 0.5) is 5.69 Å². The van der Waals surface area contributed by atoms with Crippen LogP contribution in [0.1, 0.15) is 0 Å². The summed E-state index contributed by atoms with van der Waals surface area (Å²) in [4.78, 5) is 7.11. The Hall–Kier alpha value is -2.33. The summed E-state index contributed by atoms with van der Waals surface area (Å²) in [6.07, 6.45) is 1.85. The third-order valence-electron chi connectivity index (χ3n) is 5.18. The monoisotopic (exact) mass is 305 g/mol. The first-order chi connectivity index (χ1) is 11.4. The van der Waals surface area contributed by atoms with Crippen molar-refractivity contribution in [2.24, 2.45) is 11.8 Å². The zero-order valence-electron chi connectivity index (χ0n) is 12.9. The van der Waals surface area contributed by atoms with Crippen LogP contribution < -0.4 is 10.2 Å². The predicted molar refractivity (Wildman–Crippen MR) is 91.5 cm³/mol. The van der Waals surface area contributed by atoms with Gasteiger partial charge in [-0.3, -0.25) is 4.98 Å². The minimum atomic E-state index is 0.763. The molecular weight excluding hydrogens is 286 g/mol. The standard InChI is InChI=1S/C19H19N3O/c1-2-6-17-13(4-1)8-18(23-17)19-16(5-3-7-21-19)22-11-14-9-20-10-15(14)12-22/h1-8,14-15,20H,9-12H2. The van der Waals surface area contributed by atoms with Gasteiger partial charge in [0.25, 0.3) is 0 Å². The summed E-state index contributed by atoms with van der Waals surface area (Å²) in [5.74, 6) is 2.38. The first-order valence-corrected chi connectivity index (χ1v) is 8.28. The van der Waals surface area contributed by atoms with E-state index in [9.17, 15) is 0 Å². The maximum atomic E-state index is 6.05. The number of anilines is 1. The fourth-order valence-corrected chi connectivity index (χ4v) is 3.99. The quantitative estimate of drug-likeness (QED) is 0.789. The molecule has 0 aliphatic carbocycles. The number of hydrogen-bond acceptors (Lipinski definition) is 4. The molecule has 2 atom stereocenters. The average molecular weight is 305 g/mol. The zero-order valence-corrected chi connectivity index (χ0v) is 12.9. The number of hydrogen-bond donors (Lipinski definition) is 1. The first kappa shape index (κ1) is 13.1. The van der Waals surface area contributed by atoms with Gasteiger partial charge >= 0.3 is 0 Å². The van der Waals surface area contributed by atoms with E-state index >= 15 is 0 Å². The number of para-hydroxylation sites is 1. The second-order valence-corrected chi connectivity index (χ2v) is 6.60. The van der Waals surface area contributed by atoms with Gasteiger partial charge in [0.05, 0.1) is 5.69 Å². The van der Waals surface area contributed by atoms with Crippen LogP contribution >= 0.6 is 0 Å². The van der Waals surface area contributed by atoms with Crippen LogP contribution in [-0.4, -0.2) is 31.2 Å². The van der Waals surface area contributed by atoms with Gasteiger partial charge in [-0.05, 0) is 36.1 Å². The van der Waals surface area contributed by atoms with Gasteiger partial charge in [0.15, 0.2) is 5.76 Å². The smallest absolute Gasteiger partial charge is 0.155 e. The lowest BCUT2D eigenvalue weighted by molar-refractivity contribution is 0.533. The predicted octanol–water partition coefficient (Wildman–Crippen LogP) is 3.15. The van der Waals surface area contributed by atoms with Crippen molar-refractivity contribution in [3.8, 4) is 11.5 Å². The number of pyridine rings is 1. The normalized spacial score (nSPS) is 23.6. The molecular formula is C19H19N3O. The highest BCUT2D eigenvalue weighted by Crippen LogP contribution is 2.37. The number of aromatic nitrogens is 1. The third-order valence-corrected chi connectivity index (χ3v) is 5.18. The van der Waals surface area contributed by atoms with Crippen molar-refractivity contribution in [3.05, 3.63) is 48.7 Å². The van der Waals surface area contributed by atoms with Crippen LogP contribution in [0.5, 0.6) is 0 Å². The summed E-state index contributed by atoms with van der Waals surface area (Å²) >= 11 is 0. The van der Waals surface area contributed by atoms with Crippen LogP contribution in [0.2, 0.25) is 0 Å². The van der Waals surface area contributed by atoms with Crippen LogP contribution in [0, 0.1) is 11.8 Å². The summed E-state index contributed by atoms with van der Waals surface area (Å²) in [6, 6.07) is 14.4. The topological polar surface area (TPSA) is 41.3 Å². The summed E-state index contributed by atoms with van der Waals surface area (Å²) in [5.41, 5.74) is 3.07. The van der Waals surface area contributed by atoms with Gasteiger partial charge in [0.1, 0.15) is 11.3 Å². The molecule has 0 bridgehead atoms. The molecule has 2 aliphatic heterocycles. The SMILES string of the molecule is c1cnc(-c2cc3ccccc3o2)c(N2CC3CNCC3C2)c1. The van der Waals surface area contributed by atoms with Gasteiger partial charge in [-0.15, -0.1) is 0 Å². The molecule has 0 amide bonds. The highest BCUT2D eigenvalue weighted by Gasteiger charge is 2.37. The molecule has 4 heterocycles. The van der Waals surface area contributed by atoms with E-state index in [1.807, 2.05) is 30.5 Å². The van der Waals surface area contributed by atoms with Crippen molar-refractivity contribution in [1.82, 2.24) is 10.3 Å². The number of furan rings is 1. The number of rotatable bonds is 2. The summed E-state index contributed by atoms with van der Waals surface area (Å²) in [5, 5.41) is 4.63. The molecule has 2 aromatic heterocycles. The minimum Gasteiger partial charge on any atom is -0.454 e. The maximum absolute atomic E-state index is 6.05. The lowest BCUT2D eigenvalue weighted by Gasteiger charge is -2.21. The fraction of sp³-hybridized carbons (Fsp3) is 0.316. The molecule has 3 aromatic rings. The van der Waals surface area contributed by atoms with Gasteiger partial charge in [0.2, 0.25) is 0 Å². The Morgan fingerprint density at radius 1 is 1.04 bits per heavy atom. The molecule has 0 spiro atoms. The average Bonchev–Trinajstić information content (AvgIpc) is 3.28. The Morgan fingerprint density at radius 3 is 2.70 bits per heavy atom. The highest BCUT2D eigenvalue weighted by atomic mass is 16.3. The minimum absolute atomic E-state index is 0.763. The van der Waals surface area contributed by atoms with Gasteiger partial charge in [-0.2, -0.15) is 0 Å². The van der Waals surface area contributed by atoms with E-state index in [1.165, 1.54) is 5.69 Å². The van der Waals surface area contributed by atoms with Crippen LogP contribution in [0.25, 0.3) is 22.4 Å². The van der Waals surface area contributed by atoms with E-state index in [4.69, 9.17) is 4.42 Å². The Bertz CT molecular complexity index is 811. The van der Waals surface area contributed by atoms with E-state index in [-0.39, 0.29) is 0 Å². The molecule has 2 unspecified atom stereocenters. The van der Waals surface area contributed by atoms with Gasteiger partial charge in [0, 0.05) is 37.8 Å². The number of fused-ring (bicyclic) bond motifs is 2. The summed E-state index contributed by atoms with van der Waals surface area (Å²) in [6.45, 7) is 4.50. The first-order valence-electron chi connectivity index (χ1n) is 8.28. The van der Waals surface area contributed by atoms with E-state index < -0.39 is 0 Å². The molecule has 1 aromatic carbocycles. The molecule has 116 valence electrons. The number of benzene rings is 1. The molecule has 0 saturated carbocycles. The van der Waals surface area contributed by atoms with Gasteiger partial charge in [-0.25, -0.2) is 0 Å². The van der Waals surface area contributed by atoms with Crippen LogP contribution in [-0.2, 0) is 0 Å². The highest BCUT2D eigenvalue weighted by molar-refractivity contribution is 5.84. The summed E-state index contributed by atoms with van der Waals surface area (Å²) in [7, 11) is 0. The van der Waals surface area contributed by atoms with E-state index in [2.05, 4.69) is 33.4 Å². The van der Waals surface area contributed by atoms with E-state index in [0.29, 0.717) is 0 Å². The molecule has 2 fully saturated rings. The lowest BCUT2D eigenvalue weighted by Crippen LogP contribution is -2.26. The second kappa shape index (κ2) is 5.10. The van der Waals surface area contributed by atoms with E-state index in [1.54, 1.807) is 0 Å². The molecule has 1 N–H and O–H groups in total. The Balaban J connectivity index is 1.56.